The Morgan fingerprint density at radius 3 is 2.88 bits per heavy atom. The molecule has 1 saturated heterocycles. The van der Waals surface area contributed by atoms with Crippen LogP contribution in [0.1, 0.15) is 32.6 Å². The molecule has 1 aliphatic heterocycles. The second-order valence-electron chi connectivity index (χ2n) is 6.61. The van der Waals surface area contributed by atoms with Gasteiger partial charge in [-0.3, -0.25) is 14.5 Å². The van der Waals surface area contributed by atoms with Crippen molar-refractivity contribution in [3.05, 3.63) is 28.5 Å². The number of nitrogens with zero attached hydrogens (tertiary/aromatic N) is 1. The van der Waals surface area contributed by atoms with E-state index in [0.717, 1.165) is 24.2 Å². The van der Waals surface area contributed by atoms with Crippen LogP contribution in [0, 0.1) is 11.7 Å². The number of benzene rings is 1. The van der Waals surface area contributed by atoms with Gasteiger partial charge in [-0.05, 0) is 37.0 Å². The van der Waals surface area contributed by atoms with E-state index in [-0.39, 0.29) is 17.5 Å². The Bertz CT molecular complexity index is 742. The minimum absolute atomic E-state index is 0.000928. The molecule has 1 spiro atoms. The highest BCUT2D eigenvalue weighted by Crippen LogP contribution is 2.38. The highest BCUT2D eigenvalue weighted by Gasteiger charge is 2.55. The van der Waals surface area contributed by atoms with Gasteiger partial charge in [-0.2, -0.15) is 0 Å². The predicted molar refractivity (Wildman–Crippen MR) is 93.3 cm³/mol. The third kappa shape index (κ3) is 3.27. The van der Waals surface area contributed by atoms with E-state index in [1.165, 1.54) is 12.1 Å². The summed E-state index contributed by atoms with van der Waals surface area (Å²) in [5, 5.41) is 5.18. The van der Waals surface area contributed by atoms with Crippen LogP contribution in [-0.2, 0) is 9.59 Å². The first-order valence-corrected chi connectivity index (χ1v) is 9.02. The molecule has 1 aromatic rings. The van der Waals surface area contributed by atoms with Gasteiger partial charge in [0.15, 0.2) is 0 Å². The van der Waals surface area contributed by atoms with Crippen LogP contribution in [0.5, 0.6) is 0 Å². The van der Waals surface area contributed by atoms with E-state index < -0.39 is 29.8 Å². The van der Waals surface area contributed by atoms with Gasteiger partial charge in [-0.25, -0.2) is 9.18 Å². The molecule has 2 aliphatic rings. The summed E-state index contributed by atoms with van der Waals surface area (Å²) in [5.41, 5.74) is -0.903. The summed E-state index contributed by atoms with van der Waals surface area (Å²) in [7, 11) is 0. The van der Waals surface area contributed by atoms with Crippen LogP contribution >= 0.6 is 15.9 Å². The lowest BCUT2D eigenvalue weighted by Gasteiger charge is -2.36. The van der Waals surface area contributed by atoms with Crippen LogP contribution in [0.15, 0.2) is 22.7 Å². The topological polar surface area (TPSA) is 78.5 Å². The van der Waals surface area contributed by atoms with E-state index in [0.29, 0.717) is 10.9 Å². The first-order valence-electron chi connectivity index (χ1n) is 8.22. The van der Waals surface area contributed by atoms with Crippen LogP contribution in [0.25, 0.3) is 0 Å². The van der Waals surface area contributed by atoms with Crippen LogP contribution in [0.4, 0.5) is 14.9 Å². The Morgan fingerprint density at radius 2 is 2.20 bits per heavy atom. The maximum Gasteiger partial charge on any atom is 0.325 e. The number of hydrogen-bond donors (Lipinski definition) is 2. The summed E-state index contributed by atoms with van der Waals surface area (Å²) in [5.74, 6) is -1.56. The van der Waals surface area contributed by atoms with Crippen LogP contribution in [0.2, 0.25) is 0 Å². The number of nitrogens with one attached hydrogen (secondary N) is 2. The number of amides is 4. The zero-order chi connectivity index (χ0) is 18.2. The molecule has 6 nitrogen and oxygen atoms in total. The van der Waals surface area contributed by atoms with Gasteiger partial charge in [0.1, 0.15) is 17.9 Å². The van der Waals surface area contributed by atoms with Gasteiger partial charge in [0.2, 0.25) is 5.91 Å². The molecule has 1 aromatic carbocycles. The number of anilines is 1. The van der Waals surface area contributed by atoms with Crippen molar-refractivity contribution >= 4 is 39.5 Å². The Balaban J connectivity index is 1.71. The number of halogens is 2. The van der Waals surface area contributed by atoms with Crippen molar-refractivity contribution in [3.8, 4) is 0 Å². The molecule has 8 heteroatoms. The van der Waals surface area contributed by atoms with E-state index >= 15 is 0 Å². The lowest BCUT2D eigenvalue weighted by atomic mass is 9.73. The molecule has 1 saturated carbocycles. The predicted octanol–water partition coefficient (Wildman–Crippen LogP) is 3.03. The fraction of sp³-hybridized carbons (Fsp3) is 0.471. The van der Waals surface area contributed by atoms with Gasteiger partial charge in [-0.15, -0.1) is 0 Å². The second-order valence-corrected chi connectivity index (χ2v) is 7.53. The number of carbonyl (C=O) groups excluding carboxylic acids is 3. The molecule has 2 unspecified atom stereocenters. The van der Waals surface area contributed by atoms with Gasteiger partial charge in [0, 0.05) is 4.47 Å². The van der Waals surface area contributed by atoms with Crippen LogP contribution < -0.4 is 10.6 Å². The van der Waals surface area contributed by atoms with Gasteiger partial charge < -0.3 is 10.6 Å². The first kappa shape index (κ1) is 17.8. The normalized spacial score (nSPS) is 26.0. The van der Waals surface area contributed by atoms with Crippen molar-refractivity contribution in [2.75, 3.05) is 11.9 Å². The van der Waals surface area contributed by atoms with Crippen molar-refractivity contribution in [3.63, 3.8) is 0 Å². The Morgan fingerprint density at radius 1 is 1.44 bits per heavy atom. The zero-order valence-corrected chi connectivity index (χ0v) is 15.4. The van der Waals surface area contributed by atoms with Crippen molar-refractivity contribution in [2.45, 2.75) is 38.1 Å². The summed E-state index contributed by atoms with van der Waals surface area (Å²) in [6, 6.07) is 3.66. The minimum Gasteiger partial charge on any atom is -0.323 e. The molecule has 134 valence electrons. The monoisotopic (exact) mass is 411 g/mol. The standard InChI is InChI=1S/C17H19BrFN3O3/c1-10-4-2-3-7-17(10)15(24)22(16(25)21-17)9-14(23)20-13-6-5-11(18)8-12(13)19/h5-6,8,10H,2-4,7,9H2,1H3,(H,20,23)(H,21,25). The van der Waals surface area contributed by atoms with Gasteiger partial charge >= 0.3 is 6.03 Å². The fourth-order valence-electron chi connectivity index (χ4n) is 3.56. The number of imide groups is 1. The summed E-state index contributed by atoms with van der Waals surface area (Å²) >= 11 is 3.14. The van der Waals surface area contributed by atoms with Crippen molar-refractivity contribution in [2.24, 2.45) is 5.92 Å². The maximum absolute atomic E-state index is 13.8. The summed E-state index contributed by atoms with van der Waals surface area (Å²) in [6.45, 7) is 1.51. The molecule has 0 bridgehead atoms. The number of rotatable bonds is 3. The molecule has 4 amide bonds. The van der Waals surface area contributed by atoms with E-state index in [4.69, 9.17) is 0 Å². The molecule has 0 aromatic heterocycles. The average Bonchev–Trinajstić information content (AvgIpc) is 2.78. The molecule has 3 rings (SSSR count). The lowest BCUT2D eigenvalue weighted by Crippen LogP contribution is -2.54. The fourth-order valence-corrected chi connectivity index (χ4v) is 3.90. The number of hydrogen-bond acceptors (Lipinski definition) is 3. The van der Waals surface area contributed by atoms with Crippen LogP contribution in [0.3, 0.4) is 0 Å². The van der Waals surface area contributed by atoms with Crippen LogP contribution in [-0.4, -0.2) is 34.8 Å². The molecule has 2 N–H and O–H groups in total. The van der Waals surface area contributed by atoms with Gasteiger partial charge in [-0.1, -0.05) is 35.7 Å². The van der Waals surface area contributed by atoms with Crippen molar-refractivity contribution < 1.29 is 18.8 Å². The number of carbonyl (C=O) groups is 3. The quantitative estimate of drug-likeness (QED) is 0.750. The summed E-state index contributed by atoms with van der Waals surface area (Å²) < 4.78 is 14.4. The Hall–Kier alpha value is -1.96. The minimum atomic E-state index is -0.904. The lowest BCUT2D eigenvalue weighted by molar-refractivity contribution is -0.136. The Labute approximate surface area is 153 Å². The third-order valence-electron chi connectivity index (χ3n) is 5.01. The van der Waals surface area contributed by atoms with Crippen molar-refractivity contribution in [1.29, 1.82) is 0 Å². The molecule has 2 atom stereocenters. The average molecular weight is 412 g/mol. The molecular formula is C17H19BrFN3O3. The highest BCUT2D eigenvalue weighted by atomic mass is 79.9. The van der Waals surface area contributed by atoms with Gasteiger partial charge in [0.25, 0.3) is 5.91 Å². The largest absolute Gasteiger partial charge is 0.325 e. The van der Waals surface area contributed by atoms with E-state index in [2.05, 4.69) is 26.6 Å². The molecular weight excluding hydrogens is 393 g/mol. The zero-order valence-electron chi connectivity index (χ0n) is 13.8. The molecule has 1 aliphatic carbocycles. The molecule has 2 fully saturated rings. The van der Waals surface area contributed by atoms with Gasteiger partial charge in [0.05, 0.1) is 5.69 Å². The van der Waals surface area contributed by atoms with E-state index in [9.17, 15) is 18.8 Å². The summed E-state index contributed by atoms with van der Waals surface area (Å²) in [4.78, 5) is 38.1. The second kappa shape index (κ2) is 6.74. The molecule has 25 heavy (non-hydrogen) atoms. The summed E-state index contributed by atoms with van der Waals surface area (Å²) in [6.07, 6.45) is 3.32. The van der Waals surface area contributed by atoms with E-state index in [1.54, 1.807) is 6.07 Å². The molecule has 1 heterocycles. The van der Waals surface area contributed by atoms with E-state index in [1.807, 2.05) is 6.92 Å². The van der Waals surface area contributed by atoms with Crippen molar-refractivity contribution in [1.82, 2.24) is 10.2 Å². The maximum atomic E-state index is 13.8. The highest BCUT2D eigenvalue weighted by molar-refractivity contribution is 9.10. The molecule has 0 radical (unpaired) electrons. The SMILES string of the molecule is CC1CCCCC12NC(=O)N(CC(=O)Nc1ccc(Br)cc1F)C2=O. The first-order chi connectivity index (χ1) is 11.8. The number of urea groups is 1. The smallest absolute Gasteiger partial charge is 0.323 e. The third-order valence-corrected chi connectivity index (χ3v) is 5.50. The Kier molecular flexibility index (Phi) is 4.81.